The Morgan fingerprint density at radius 1 is 0.950 bits per heavy atom. The van der Waals surface area contributed by atoms with Gasteiger partial charge in [0.1, 0.15) is 17.7 Å². The molecule has 0 spiro atoms. The third kappa shape index (κ3) is 8.74. The van der Waals surface area contributed by atoms with E-state index in [4.69, 9.17) is 4.74 Å². The van der Waals surface area contributed by atoms with E-state index in [0.29, 0.717) is 24.2 Å². The first kappa shape index (κ1) is 31.0. The van der Waals surface area contributed by atoms with E-state index in [2.05, 4.69) is 30.2 Å². The summed E-state index contributed by atoms with van der Waals surface area (Å²) in [6.45, 7) is 9.66. The van der Waals surface area contributed by atoms with Gasteiger partial charge < -0.3 is 20.3 Å². The number of nitrogens with zero attached hydrogens (tertiary/aromatic N) is 1. The van der Waals surface area contributed by atoms with Gasteiger partial charge in [-0.25, -0.2) is 4.79 Å². The van der Waals surface area contributed by atoms with Crippen LogP contribution in [0.1, 0.15) is 64.1 Å². The second-order valence-electron chi connectivity index (χ2n) is 11.0. The summed E-state index contributed by atoms with van der Waals surface area (Å²) in [6.07, 6.45) is 1.84. The van der Waals surface area contributed by atoms with Gasteiger partial charge in [0.15, 0.2) is 0 Å². The SMILES string of the molecule is CCCCCN(C(=O)C(CS)NC(=O)OC(C)(C)C)C(C(=O)Nc1ccc2ccccc2c1)c1ccc(C)cc1. The highest BCUT2D eigenvalue weighted by atomic mass is 32.1. The van der Waals surface area contributed by atoms with Gasteiger partial charge in [-0.1, -0.05) is 79.9 Å². The number of thiol groups is 1. The fraction of sp³-hybridized carbons (Fsp3) is 0.406. The van der Waals surface area contributed by atoms with Gasteiger partial charge in [0, 0.05) is 18.0 Å². The van der Waals surface area contributed by atoms with Gasteiger partial charge in [-0.05, 0) is 62.6 Å². The van der Waals surface area contributed by atoms with Gasteiger partial charge in [0.05, 0.1) is 0 Å². The number of benzene rings is 3. The second kappa shape index (κ2) is 14.2. The van der Waals surface area contributed by atoms with Gasteiger partial charge in [0.2, 0.25) is 5.91 Å². The first-order chi connectivity index (χ1) is 19.0. The highest BCUT2D eigenvalue weighted by Crippen LogP contribution is 2.27. The van der Waals surface area contributed by atoms with Crippen molar-refractivity contribution in [1.82, 2.24) is 10.2 Å². The molecule has 8 heteroatoms. The molecule has 0 aromatic heterocycles. The van der Waals surface area contributed by atoms with Gasteiger partial charge >= 0.3 is 6.09 Å². The number of carbonyl (C=O) groups is 3. The zero-order chi connectivity index (χ0) is 29.3. The minimum Gasteiger partial charge on any atom is -0.444 e. The van der Waals surface area contributed by atoms with Crippen LogP contribution < -0.4 is 10.6 Å². The molecule has 3 aromatic carbocycles. The molecule has 2 N–H and O–H groups in total. The molecular formula is C32H41N3O4S. The van der Waals surface area contributed by atoms with Crippen molar-refractivity contribution in [2.45, 2.75) is 71.6 Å². The van der Waals surface area contributed by atoms with Crippen molar-refractivity contribution < 1.29 is 19.1 Å². The van der Waals surface area contributed by atoms with Crippen molar-refractivity contribution in [2.24, 2.45) is 0 Å². The third-order valence-electron chi connectivity index (χ3n) is 6.43. The molecular weight excluding hydrogens is 522 g/mol. The summed E-state index contributed by atoms with van der Waals surface area (Å²) in [5, 5.41) is 7.76. The first-order valence-electron chi connectivity index (χ1n) is 13.8. The zero-order valence-corrected chi connectivity index (χ0v) is 25.0. The van der Waals surface area contributed by atoms with E-state index >= 15 is 0 Å². The van der Waals surface area contributed by atoms with Crippen molar-refractivity contribution in [3.63, 3.8) is 0 Å². The molecule has 7 nitrogen and oxygen atoms in total. The molecule has 0 fully saturated rings. The van der Waals surface area contributed by atoms with Gasteiger partial charge in [0.25, 0.3) is 5.91 Å². The van der Waals surface area contributed by atoms with Crippen LogP contribution in [0.3, 0.4) is 0 Å². The molecule has 214 valence electrons. The van der Waals surface area contributed by atoms with Crippen LogP contribution in [0, 0.1) is 6.92 Å². The Bertz CT molecular complexity index is 1300. The van der Waals surface area contributed by atoms with Crippen LogP contribution in [-0.4, -0.2) is 46.7 Å². The van der Waals surface area contributed by atoms with Crippen LogP contribution >= 0.6 is 12.6 Å². The lowest BCUT2D eigenvalue weighted by Gasteiger charge is -2.34. The lowest BCUT2D eigenvalue weighted by Crippen LogP contribution is -2.53. The predicted octanol–water partition coefficient (Wildman–Crippen LogP) is 6.67. The van der Waals surface area contributed by atoms with Crippen LogP contribution in [0.4, 0.5) is 10.5 Å². The number of unbranched alkanes of at least 4 members (excludes halogenated alkanes) is 2. The molecule has 0 aliphatic rings. The molecule has 3 aromatic rings. The van der Waals surface area contributed by atoms with Crippen LogP contribution in [0.5, 0.6) is 0 Å². The number of alkyl carbamates (subject to hydrolysis) is 1. The Balaban J connectivity index is 1.98. The van der Waals surface area contributed by atoms with Crippen molar-refractivity contribution in [3.05, 3.63) is 77.9 Å². The topological polar surface area (TPSA) is 87.7 Å². The van der Waals surface area contributed by atoms with E-state index in [1.54, 1.807) is 25.7 Å². The summed E-state index contributed by atoms with van der Waals surface area (Å²) >= 11 is 4.36. The Hall–Kier alpha value is -3.52. The number of aryl methyl sites for hydroxylation is 1. The molecule has 2 unspecified atom stereocenters. The predicted molar refractivity (Wildman–Crippen MR) is 165 cm³/mol. The molecule has 40 heavy (non-hydrogen) atoms. The summed E-state index contributed by atoms with van der Waals surface area (Å²) in [4.78, 5) is 42.1. The van der Waals surface area contributed by atoms with E-state index in [-0.39, 0.29) is 11.7 Å². The van der Waals surface area contributed by atoms with E-state index in [1.807, 2.05) is 73.7 Å². The fourth-order valence-corrected chi connectivity index (χ4v) is 4.68. The van der Waals surface area contributed by atoms with Gasteiger partial charge in [-0.2, -0.15) is 12.6 Å². The van der Waals surface area contributed by atoms with Crippen molar-refractivity contribution in [3.8, 4) is 0 Å². The highest BCUT2D eigenvalue weighted by Gasteiger charge is 2.35. The summed E-state index contributed by atoms with van der Waals surface area (Å²) in [5.41, 5.74) is 1.64. The molecule has 0 saturated carbocycles. The quantitative estimate of drug-likeness (QED) is 0.180. The minimum atomic E-state index is -0.971. The number of fused-ring (bicyclic) bond motifs is 1. The summed E-state index contributed by atoms with van der Waals surface area (Å²) in [6, 6.07) is 19.4. The molecule has 2 atom stereocenters. The van der Waals surface area contributed by atoms with Gasteiger partial charge in [-0.15, -0.1) is 0 Å². The highest BCUT2D eigenvalue weighted by molar-refractivity contribution is 7.80. The van der Waals surface area contributed by atoms with E-state index in [9.17, 15) is 14.4 Å². The number of ether oxygens (including phenoxy) is 1. The molecule has 0 heterocycles. The molecule has 3 amide bonds. The monoisotopic (exact) mass is 563 g/mol. The minimum absolute atomic E-state index is 0.0509. The fourth-order valence-electron chi connectivity index (χ4n) is 4.43. The largest absolute Gasteiger partial charge is 0.444 e. The number of hydrogen-bond donors (Lipinski definition) is 3. The number of hydrogen-bond acceptors (Lipinski definition) is 5. The first-order valence-corrected chi connectivity index (χ1v) is 14.4. The zero-order valence-electron chi connectivity index (χ0n) is 24.1. The normalized spacial score (nSPS) is 12.8. The maximum Gasteiger partial charge on any atom is 0.408 e. The molecule has 0 saturated heterocycles. The number of anilines is 1. The molecule has 3 rings (SSSR count). The van der Waals surface area contributed by atoms with E-state index < -0.39 is 29.7 Å². The summed E-state index contributed by atoms with van der Waals surface area (Å²) < 4.78 is 5.38. The number of amides is 3. The van der Waals surface area contributed by atoms with Crippen LogP contribution in [0.2, 0.25) is 0 Å². The van der Waals surface area contributed by atoms with Gasteiger partial charge in [-0.3, -0.25) is 9.59 Å². The third-order valence-corrected chi connectivity index (χ3v) is 6.79. The maximum atomic E-state index is 14.0. The summed E-state index contributed by atoms with van der Waals surface area (Å²) in [5.74, 6) is -0.676. The lowest BCUT2D eigenvalue weighted by atomic mass is 10.0. The summed E-state index contributed by atoms with van der Waals surface area (Å²) in [7, 11) is 0. The maximum absolute atomic E-state index is 14.0. The Labute approximate surface area is 243 Å². The Kier molecular flexibility index (Phi) is 11.0. The number of carbonyl (C=O) groups excluding carboxylic acids is 3. The van der Waals surface area contributed by atoms with Crippen molar-refractivity contribution in [2.75, 3.05) is 17.6 Å². The number of rotatable bonds is 11. The molecule has 0 aliphatic heterocycles. The molecule has 0 bridgehead atoms. The average molecular weight is 564 g/mol. The average Bonchev–Trinajstić information content (AvgIpc) is 2.90. The van der Waals surface area contributed by atoms with Crippen LogP contribution in [0.15, 0.2) is 66.7 Å². The Morgan fingerprint density at radius 2 is 1.62 bits per heavy atom. The molecule has 0 radical (unpaired) electrons. The van der Waals surface area contributed by atoms with Crippen LogP contribution in [-0.2, 0) is 14.3 Å². The van der Waals surface area contributed by atoms with Crippen molar-refractivity contribution in [1.29, 1.82) is 0 Å². The lowest BCUT2D eigenvalue weighted by molar-refractivity contribution is -0.140. The standard InChI is InChI=1S/C32H41N3O4S/c1-6-7-10-19-35(30(37)27(21-40)34-31(38)39-32(3,4)5)28(24-15-13-22(2)14-16-24)29(36)33-26-18-17-23-11-8-9-12-25(23)20-26/h8-9,11-18,20,27-28,40H,6-7,10,19,21H2,1-5H3,(H,33,36)(H,34,38). The van der Waals surface area contributed by atoms with E-state index in [1.165, 1.54) is 0 Å². The smallest absolute Gasteiger partial charge is 0.408 e. The van der Waals surface area contributed by atoms with Crippen LogP contribution in [0.25, 0.3) is 10.8 Å². The Morgan fingerprint density at radius 3 is 2.25 bits per heavy atom. The molecule has 0 aliphatic carbocycles. The second-order valence-corrected chi connectivity index (χ2v) is 11.3. The van der Waals surface area contributed by atoms with Crippen molar-refractivity contribution >= 4 is 47.0 Å². The van der Waals surface area contributed by atoms with E-state index in [0.717, 1.165) is 29.2 Å². The number of nitrogens with one attached hydrogen (secondary N) is 2.